The summed E-state index contributed by atoms with van der Waals surface area (Å²) in [6.45, 7) is 2.10. The van der Waals surface area contributed by atoms with Gasteiger partial charge in [-0.2, -0.15) is 18.4 Å². The molecule has 0 spiro atoms. The van der Waals surface area contributed by atoms with Crippen LogP contribution in [0.2, 0.25) is 0 Å². The quantitative estimate of drug-likeness (QED) is 0.866. The third-order valence-electron chi connectivity index (χ3n) is 2.14. The Morgan fingerprint density at radius 3 is 2.68 bits per heavy atom. The average molecular weight is 288 g/mol. The lowest BCUT2D eigenvalue weighted by atomic mass is 10.0. The number of halogens is 3. The van der Waals surface area contributed by atoms with E-state index in [2.05, 4.69) is 5.32 Å². The summed E-state index contributed by atoms with van der Waals surface area (Å²) in [5.74, 6) is 0. The number of nitrogens with one attached hydrogen (secondary N) is 1. The summed E-state index contributed by atoms with van der Waals surface area (Å²) in [7, 11) is 0. The van der Waals surface area contributed by atoms with Crippen LogP contribution in [-0.2, 0) is 11.2 Å². The fourth-order valence-corrected chi connectivity index (χ4v) is 1.66. The largest absolute Gasteiger partial charge is 0.471 e. The number of thiocarbonyl (C=S) groups is 1. The molecule has 0 radical (unpaired) electrons. The van der Waals surface area contributed by atoms with Crippen LogP contribution < -0.4 is 5.32 Å². The molecule has 0 aliphatic carbocycles. The molecular weight excluding hydrogens is 277 g/mol. The lowest BCUT2D eigenvalue weighted by Gasteiger charge is -2.12. The van der Waals surface area contributed by atoms with Crippen molar-refractivity contribution in [2.75, 3.05) is 11.9 Å². The second-order valence-electron chi connectivity index (χ2n) is 3.62. The van der Waals surface area contributed by atoms with Gasteiger partial charge < -0.3 is 10.1 Å². The lowest BCUT2D eigenvalue weighted by Crippen LogP contribution is -2.15. The molecule has 0 saturated heterocycles. The fourth-order valence-electron chi connectivity index (χ4n) is 1.43. The second kappa shape index (κ2) is 6.38. The molecule has 0 heterocycles. The molecule has 102 valence electrons. The van der Waals surface area contributed by atoms with Crippen LogP contribution in [0.4, 0.5) is 18.9 Å². The maximum Gasteiger partial charge on any atom is 0.393 e. The highest BCUT2D eigenvalue weighted by molar-refractivity contribution is 7.80. The average Bonchev–Trinajstić information content (AvgIpc) is 2.27. The summed E-state index contributed by atoms with van der Waals surface area (Å²) >= 11 is 4.83. The molecule has 0 atom stereocenters. The highest BCUT2D eigenvalue weighted by Gasteiger charge is 2.29. The van der Waals surface area contributed by atoms with Crippen molar-refractivity contribution in [2.24, 2.45) is 0 Å². The molecule has 0 saturated carbocycles. The summed E-state index contributed by atoms with van der Waals surface area (Å²) < 4.78 is 42.2. The normalized spacial score (nSPS) is 10.7. The molecule has 0 aliphatic heterocycles. The summed E-state index contributed by atoms with van der Waals surface area (Å²) in [5.41, 5.74) is 0.251. The van der Waals surface area contributed by atoms with Gasteiger partial charge in [-0.25, -0.2) is 0 Å². The van der Waals surface area contributed by atoms with E-state index in [0.717, 1.165) is 0 Å². The monoisotopic (exact) mass is 288 g/mol. The van der Waals surface area contributed by atoms with Crippen molar-refractivity contribution in [2.45, 2.75) is 19.5 Å². The smallest absolute Gasteiger partial charge is 0.393 e. The van der Waals surface area contributed by atoms with Crippen LogP contribution in [0.15, 0.2) is 18.2 Å². The zero-order valence-electron chi connectivity index (χ0n) is 10.0. The Hall–Kier alpha value is -1.81. The molecule has 0 bridgehead atoms. The highest BCUT2D eigenvalue weighted by Crippen LogP contribution is 2.25. The maximum absolute atomic E-state index is 12.4. The van der Waals surface area contributed by atoms with E-state index >= 15 is 0 Å². The minimum atomic E-state index is -4.37. The van der Waals surface area contributed by atoms with Crippen LogP contribution in [0, 0.1) is 11.3 Å². The molecule has 0 aliphatic rings. The molecule has 0 fully saturated rings. The van der Waals surface area contributed by atoms with Crippen molar-refractivity contribution < 1.29 is 17.9 Å². The van der Waals surface area contributed by atoms with Gasteiger partial charge in [0.15, 0.2) is 0 Å². The van der Waals surface area contributed by atoms with E-state index in [0.29, 0.717) is 12.3 Å². The zero-order valence-corrected chi connectivity index (χ0v) is 10.9. The molecule has 19 heavy (non-hydrogen) atoms. The van der Waals surface area contributed by atoms with Gasteiger partial charge in [-0.3, -0.25) is 0 Å². The predicted octanol–water partition coefficient (Wildman–Crippen LogP) is 3.40. The number of hydrogen-bond acceptors (Lipinski definition) is 3. The van der Waals surface area contributed by atoms with Crippen LogP contribution in [0.3, 0.4) is 0 Å². The molecule has 0 aromatic heterocycles. The SMILES string of the molecule is CCOC(=S)Nc1ccc(C#N)c(CC(F)(F)F)c1. The first-order chi connectivity index (χ1) is 8.85. The minimum Gasteiger partial charge on any atom is -0.471 e. The molecule has 7 heteroatoms. The summed E-state index contributed by atoms with van der Waals surface area (Å²) in [6, 6.07) is 5.77. The first kappa shape index (κ1) is 15.2. The molecule has 1 aromatic carbocycles. The van der Waals surface area contributed by atoms with E-state index in [4.69, 9.17) is 22.2 Å². The van der Waals surface area contributed by atoms with Gasteiger partial charge in [0.1, 0.15) is 0 Å². The van der Waals surface area contributed by atoms with Crippen LogP contribution in [-0.4, -0.2) is 18.0 Å². The first-order valence-corrected chi connectivity index (χ1v) is 5.80. The van der Waals surface area contributed by atoms with Crippen LogP contribution >= 0.6 is 12.2 Å². The maximum atomic E-state index is 12.4. The van der Waals surface area contributed by atoms with Gasteiger partial charge in [0.05, 0.1) is 24.7 Å². The van der Waals surface area contributed by atoms with Gasteiger partial charge in [0, 0.05) is 5.69 Å². The molecular formula is C12H11F3N2OS. The van der Waals surface area contributed by atoms with E-state index < -0.39 is 12.6 Å². The van der Waals surface area contributed by atoms with Gasteiger partial charge in [-0.1, -0.05) is 0 Å². The molecule has 1 N–H and O–H groups in total. The summed E-state index contributed by atoms with van der Waals surface area (Å²) in [6.07, 6.45) is -5.53. The second-order valence-corrected chi connectivity index (χ2v) is 3.99. The van der Waals surface area contributed by atoms with Crippen molar-refractivity contribution in [3.63, 3.8) is 0 Å². The van der Waals surface area contributed by atoms with Gasteiger partial charge in [0.25, 0.3) is 5.17 Å². The summed E-state index contributed by atoms with van der Waals surface area (Å²) in [4.78, 5) is 0. The highest BCUT2D eigenvalue weighted by atomic mass is 32.1. The lowest BCUT2D eigenvalue weighted by molar-refractivity contribution is -0.127. The van der Waals surface area contributed by atoms with Crippen molar-refractivity contribution in [1.29, 1.82) is 5.26 Å². The Morgan fingerprint density at radius 2 is 2.16 bits per heavy atom. The van der Waals surface area contributed by atoms with Crippen molar-refractivity contribution >= 4 is 23.1 Å². The van der Waals surface area contributed by atoms with Crippen LogP contribution in [0.25, 0.3) is 0 Å². The Bertz CT molecular complexity index is 509. The van der Waals surface area contributed by atoms with Gasteiger partial charge in [-0.15, -0.1) is 0 Å². The van der Waals surface area contributed by atoms with Gasteiger partial charge >= 0.3 is 6.18 Å². The number of ether oxygens (including phenoxy) is 1. The fraction of sp³-hybridized carbons (Fsp3) is 0.333. The third kappa shape index (κ3) is 5.14. The van der Waals surface area contributed by atoms with Gasteiger partial charge in [0.2, 0.25) is 0 Å². The Morgan fingerprint density at radius 1 is 1.47 bits per heavy atom. The molecule has 0 unspecified atom stereocenters. The topological polar surface area (TPSA) is 45.0 Å². The van der Waals surface area contributed by atoms with Gasteiger partial charge in [-0.05, 0) is 42.9 Å². The number of nitriles is 1. The molecule has 3 nitrogen and oxygen atoms in total. The van der Waals surface area contributed by atoms with E-state index in [1.165, 1.54) is 18.2 Å². The zero-order chi connectivity index (χ0) is 14.5. The van der Waals surface area contributed by atoms with Crippen molar-refractivity contribution in [3.8, 4) is 6.07 Å². The van der Waals surface area contributed by atoms with E-state index in [1.807, 2.05) is 0 Å². The van der Waals surface area contributed by atoms with Crippen molar-refractivity contribution in [3.05, 3.63) is 29.3 Å². The molecule has 1 rings (SSSR count). The molecule has 1 aromatic rings. The number of hydrogen-bond donors (Lipinski definition) is 1. The van der Waals surface area contributed by atoms with Crippen LogP contribution in [0.5, 0.6) is 0 Å². The summed E-state index contributed by atoms with van der Waals surface area (Å²) in [5, 5.41) is 11.5. The van der Waals surface area contributed by atoms with E-state index in [9.17, 15) is 13.2 Å². The Labute approximate surface area is 114 Å². The van der Waals surface area contributed by atoms with E-state index in [-0.39, 0.29) is 16.3 Å². The Balaban J connectivity index is 2.96. The number of anilines is 1. The van der Waals surface area contributed by atoms with Crippen molar-refractivity contribution in [1.82, 2.24) is 0 Å². The number of rotatable bonds is 3. The Kier molecular flexibility index (Phi) is 5.12. The van der Waals surface area contributed by atoms with Crippen LogP contribution in [0.1, 0.15) is 18.1 Å². The third-order valence-corrected chi connectivity index (χ3v) is 2.36. The number of nitrogens with zero attached hydrogens (tertiary/aromatic N) is 1. The number of benzene rings is 1. The standard InChI is InChI=1S/C12H11F3N2OS/c1-2-18-11(19)17-10-4-3-8(7-16)9(5-10)6-12(13,14)15/h3-5H,2,6H2,1H3,(H,17,19). The first-order valence-electron chi connectivity index (χ1n) is 5.39. The molecule has 0 amide bonds. The minimum absolute atomic E-state index is 0.00907. The van der Waals surface area contributed by atoms with E-state index in [1.54, 1.807) is 13.0 Å². The number of alkyl halides is 3. The predicted molar refractivity (Wildman–Crippen MR) is 68.8 cm³/mol.